The summed E-state index contributed by atoms with van der Waals surface area (Å²) in [5, 5.41) is 6.11. The Kier molecular flexibility index (Phi) is 4.16. The van der Waals surface area contributed by atoms with Gasteiger partial charge in [0.15, 0.2) is 0 Å². The zero-order valence-corrected chi connectivity index (χ0v) is 14.7. The summed E-state index contributed by atoms with van der Waals surface area (Å²) in [5.74, 6) is 0.300. The van der Waals surface area contributed by atoms with Crippen LogP contribution in [0, 0.1) is 6.92 Å². The molecule has 7 nitrogen and oxygen atoms in total. The molecular weight excluding hydrogens is 330 g/mol. The van der Waals surface area contributed by atoms with Crippen molar-refractivity contribution in [2.24, 2.45) is 0 Å². The van der Waals surface area contributed by atoms with Crippen molar-refractivity contribution < 1.29 is 9.59 Å². The van der Waals surface area contributed by atoms with Gasteiger partial charge in [-0.3, -0.25) is 9.69 Å². The first-order valence-electron chi connectivity index (χ1n) is 8.82. The molecule has 134 valence electrons. The second kappa shape index (κ2) is 6.49. The van der Waals surface area contributed by atoms with Gasteiger partial charge in [-0.05, 0) is 38.9 Å². The van der Waals surface area contributed by atoms with E-state index in [2.05, 4.69) is 20.6 Å². The molecule has 3 amide bonds. The molecule has 26 heavy (non-hydrogen) atoms. The predicted molar refractivity (Wildman–Crippen MR) is 96.1 cm³/mol. The Hall–Kier alpha value is -2.80. The summed E-state index contributed by atoms with van der Waals surface area (Å²) in [6, 6.07) is 11.3. The summed E-state index contributed by atoms with van der Waals surface area (Å²) in [4.78, 5) is 35.6. The Morgan fingerprint density at radius 3 is 2.58 bits per heavy atom. The Bertz CT molecular complexity index is 846. The van der Waals surface area contributed by atoms with E-state index in [0.717, 1.165) is 30.0 Å². The number of carbonyl (C=O) groups excluding carboxylic acids is 2. The number of piperidine rings is 1. The number of nitrogens with zero attached hydrogens (tertiary/aromatic N) is 3. The molecular formula is C19H21N5O2. The maximum atomic E-state index is 12.9. The number of urea groups is 1. The van der Waals surface area contributed by atoms with E-state index in [0.29, 0.717) is 18.7 Å². The topological polar surface area (TPSA) is 87.2 Å². The van der Waals surface area contributed by atoms with E-state index in [1.807, 2.05) is 43.3 Å². The number of carbonyl (C=O) groups is 2. The lowest BCUT2D eigenvalue weighted by Gasteiger charge is -2.31. The number of hydrogen-bond acceptors (Lipinski definition) is 5. The maximum Gasteiger partial charge on any atom is 0.325 e. The van der Waals surface area contributed by atoms with Crippen LogP contribution in [0.5, 0.6) is 0 Å². The van der Waals surface area contributed by atoms with Gasteiger partial charge in [-0.15, -0.1) is 0 Å². The SMILES string of the molecule is Cc1cc(-c2ccccc2)nc(CN2C(=O)NC3(CCNCC3)C2=O)n1. The maximum absolute atomic E-state index is 12.9. The molecule has 2 aliphatic rings. The summed E-state index contributed by atoms with van der Waals surface area (Å²) in [5.41, 5.74) is 1.80. The first-order chi connectivity index (χ1) is 12.6. The second-order valence-electron chi connectivity index (χ2n) is 6.83. The molecule has 2 fully saturated rings. The van der Waals surface area contributed by atoms with E-state index < -0.39 is 5.54 Å². The van der Waals surface area contributed by atoms with Gasteiger partial charge < -0.3 is 10.6 Å². The van der Waals surface area contributed by atoms with Gasteiger partial charge in [0, 0.05) is 11.3 Å². The van der Waals surface area contributed by atoms with Gasteiger partial charge in [0.2, 0.25) is 0 Å². The lowest BCUT2D eigenvalue weighted by atomic mass is 9.88. The van der Waals surface area contributed by atoms with Crippen LogP contribution in [0.15, 0.2) is 36.4 Å². The summed E-state index contributed by atoms with van der Waals surface area (Å²) < 4.78 is 0. The fraction of sp³-hybridized carbons (Fsp3) is 0.368. The highest BCUT2D eigenvalue weighted by Gasteiger charge is 2.51. The van der Waals surface area contributed by atoms with Crippen LogP contribution >= 0.6 is 0 Å². The van der Waals surface area contributed by atoms with Crippen LogP contribution in [0.25, 0.3) is 11.3 Å². The number of benzene rings is 1. The number of imide groups is 1. The Morgan fingerprint density at radius 1 is 1.12 bits per heavy atom. The van der Waals surface area contributed by atoms with Gasteiger partial charge in [-0.1, -0.05) is 30.3 Å². The number of aryl methyl sites for hydroxylation is 1. The first kappa shape index (κ1) is 16.7. The van der Waals surface area contributed by atoms with Crippen LogP contribution in [-0.4, -0.2) is 45.4 Å². The monoisotopic (exact) mass is 351 g/mol. The minimum Gasteiger partial charge on any atom is -0.323 e. The van der Waals surface area contributed by atoms with Gasteiger partial charge in [-0.2, -0.15) is 0 Å². The standard InChI is InChI=1S/C19H21N5O2/c1-13-11-15(14-5-3-2-4-6-14)22-16(21-13)12-24-17(25)19(23-18(24)26)7-9-20-10-8-19/h2-6,11,20H,7-10,12H2,1H3,(H,23,26). The highest BCUT2D eigenvalue weighted by atomic mass is 16.2. The fourth-order valence-electron chi connectivity index (χ4n) is 3.61. The third-order valence-electron chi connectivity index (χ3n) is 4.97. The van der Waals surface area contributed by atoms with Crippen LogP contribution in [0.4, 0.5) is 4.79 Å². The van der Waals surface area contributed by atoms with Crippen LogP contribution in [-0.2, 0) is 11.3 Å². The molecule has 1 aromatic heterocycles. The molecule has 0 saturated carbocycles. The van der Waals surface area contributed by atoms with E-state index >= 15 is 0 Å². The minimum absolute atomic E-state index is 0.0847. The Balaban J connectivity index is 1.60. The van der Waals surface area contributed by atoms with Crippen molar-refractivity contribution in [3.8, 4) is 11.3 Å². The van der Waals surface area contributed by atoms with E-state index in [1.54, 1.807) is 0 Å². The predicted octanol–water partition coefficient (Wildman–Crippen LogP) is 1.63. The zero-order valence-electron chi connectivity index (χ0n) is 14.7. The number of rotatable bonds is 3. The molecule has 2 N–H and O–H groups in total. The molecule has 4 rings (SSSR count). The highest BCUT2D eigenvalue weighted by molar-refractivity contribution is 6.07. The average molecular weight is 351 g/mol. The Labute approximate surface area is 151 Å². The van der Waals surface area contributed by atoms with E-state index in [9.17, 15) is 9.59 Å². The molecule has 3 heterocycles. The van der Waals surface area contributed by atoms with E-state index in [1.165, 1.54) is 4.90 Å². The van der Waals surface area contributed by atoms with Gasteiger partial charge in [-0.25, -0.2) is 14.8 Å². The average Bonchev–Trinajstić information content (AvgIpc) is 2.87. The summed E-state index contributed by atoms with van der Waals surface area (Å²) in [6.07, 6.45) is 1.22. The molecule has 0 atom stereocenters. The molecule has 0 aliphatic carbocycles. The largest absolute Gasteiger partial charge is 0.325 e. The van der Waals surface area contributed by atoms with Crippen LogP contribution < -0.4 is 10.6 Å². The second-order valence-corrected chi connectivity index (χ2v) is 6.83. The molecule has 1 aromatic carbocycles. The number of hydrogen-bond donors (Lipinski definition) is 2. The summed E-state index contributed by atoms with van der Waals surface area (Å²) in [7, 11) is 0. The lowest BCUT2D eigenvalue weighted by Crippen LogP contribution is -2.53. The molecule has 0 radical (unpaired) electrons. The van der Waals surface area contributed by atoms with Crippen molar-refractivity contribution in [3.63, 3.8) is 0 Å². The third kappa shape index (κ3) is 2.94. The van der Waals surface area contributed by atoms with Crippen LogP contribution in [0.1, 0.15) is 24.4 Å². The van der Waals surface area contributed by atoms with Gasteiger partial charge in [0.05, 0.1) is 12.2 Å². The lowest BCUT2D eigenvalue weighted by molar-refractivity contribution is -0.132. The van der Waals surface area contributed by atoms with Crippen molar-refractivity contribution in [2.75, 3.05) is 13.1 Å². The van der Waals surface area contributed by atoms with Gasteiger partial charge in [0.25, 0.3) is 5.91 Å². The van der Waals surface area contributed by atoms with Crippen molar-refractivity contribution in [1.82, 2.24) is 25.5 Å². The summed E-state index contributed by atoms with van der Waals surface area (Å²) >= 11 is 0. The van der Waals surface area contributed by atoms with Crippen molar-refractivity contribution in [3.05, 3.63) is 47.9 Å². The number of nitrogens with one attached hydrogen (secondary N) is 2. The first-order valence-corrected chi connectivity index (χ1v) is 8.82. The molecule has 7 heteroatoms. The molecule has 1 spiro atoms. The van der Waals surface area contributed by atoms with Crippen molar-refractivity contribution in [1.29, 1.82) is 0 Å². The molecule has 2 aliphatic heterocycles. The highest BCUT2D eigenvalue weighted by Crippen LogP contribution is 2.28. The minimum atomic E-state index is -0.769. The fourth-order valence-corrected chi connectivity index (χ4v) is 3.61. The molecule has 2 aromatic rings. The van der Waals surface area contributed by atoms with Gasteiger partial charge in [0.1, 0.15) is 11.4 Å². The van der Waals surface area contributed by atoms with Crippen molar-refractivity contribution >= 4 is 11.9 Å². The van der Waals surface area contributed by atoms with Crippen LogP contribution in [0.3, 0.4) is 0 Å². The van der Waals surface area contributed by atoms with Gasteiger partial charge >= 0.3 is 6.03 Å². The quantitative estimate of drug-likeness (QED) is 0.821. The normalized spacial score (nSPS) is 19.0. The molecule has 0 unspecified atom stereocenters. The van der Waals surface area contributed by atoms with E-state index in [4.69, 9.17) is 0 Å². The summed E-state index contributed by atoms with van der Waals surface area (Å²) in [6.45, 7) is 3.41. The zero-order chi connectivity index (χ0) is 18.1. The molecule has 0 bridgehead atoms. The molecule has 2 saturated heterocycles. The Morgan fingerprint density at radius 2 is 1.85 bits per heavy atom. The number of amides is 3. The van der Waals surface area contributed by atoms with Crippen LogP contribution in [0.2, 0.25) is 0 Å². The number of aromatic nitrogens is 2. The smallest absolute Gasteiger partial charge is 0.323 e. The van der Waals surface area contributed by atoms with E-state index in [-0.39, 0.29) is 18.5 Å². The van der Waals surface area contributed by atoms with Crippen molar-refractivity contribution in [2.45, 2.75) is 31.8 Å². The third-order valence-corrected chi connectivity index (χ3v) is 4.97.